The van der Waals surface area contributed by atoms with Gasteiger partial charge in [0.05, 0.1) is 18.5 Å². The molecule has 0 aliphatic heterocycles. The number of aromatic nitrogens is 2. The van der Waals surface area contributed by atoms with E-state index in [-0.39, 0.29) is 24.2 Å². The average Bonchev–Trinajstić information content (AvgIpc) is 2.93. The number of aryl methyl sites for hydroxylation is 1. The van der Waals surface area contributed by atoms with E-state index < -0.39 is 0 Å². The number of hydrogen-bond acceptors (Lipinski definition) is 3. The number of aromatic amines is 1. The second-order valence-electron chi connectivity index (χ2n) is 5.31. The molecule has 126 valence electrons. The van der Waals surface area contributed by atoms with Crippen LogP contribution in [0.15, 0.2) is 42.6 Å². The minimum Gasteiger partial charge on any atom is -0.469 e. The molecule has 2 heterocycles. The van der Waals surface area contributed by atoms with E-state index in [1.54, 1.807) is 12.3 Å². The average molecular weight is 349 g/mol. The molecule has 0 radical (unpaired) electrons. The fraction of sp³-hybridized carbons (Fsp3) is 0.222. The van der Waals surface area contributed by atoms with Crippen LogP contribution in [0.3, 0.4) is 0 Å². The van der Waals surface area contributed by atoms with Crippen LogP contribution in [-0.2, 0) is 16.0 Å². The van der Waals surface area contributed by atoms with Crippen LogP contribution in [0.1, 0.15) is 18.4 Å². The van der Waals surface area contributed by atoms with Crippen molar-refractivity contribution in [3.05, 3.63) is 54.0 Å². The summed E-state index contributed by atoms with van der Waals surface area (Å²) in [7, 11) is 1.38. The van der Waals surface area contributed by atoms with E-state index in [9.17, 15) is 9.18 Å². The molecule has 0 saturated heterocycles. The topological polar surface area (TPSA) is 55.0 Å². The van der Waals surface area contributed by atoms with Crippen LogP contribution < -0.4 is 0 Å². The highest BCUT2D eigenvalue weighted by Crippen LogP contribution is 2.31. The number of hydrogen-bond donors (Lipinski definition) is 1. The summed E-state index contributed by atoms with van der Waals surface area (Å²) in [4.78, 5) is 19.0. The number of pyridine rings is 1. The van der Waals surface area contributed by atoms with E-state index in [2.05, 4.69) is 14.7 Å². The molecule has 0 amide bonds. The minimum atomic E-state index is -0.279. The third-order valence-corrected chi connectivity index (χ3v) is 3.82. The maximum Gasteiger partial charge on any atom is 0.305 e. The number of fused-ring (bicyclic) bond motifs is 1. The Morgan fingerprint density at radius 2 is 2.12 bits per heavy atom. The molecule has 4 nitrogen and oxygen atoms in total. The van der Waals surface area contributed by atoms with Crippen molar-refractivity contribution in [3.8, 4) is 11.4 Å². The predicted molar refractivity (Wildman–Crippen MR) is 93.7 cm³/mol. The summed E-state index contributed by atoms with van der Waals surface area (Å²) in [5.41, 5.74) is 3.51. The zero-order chi connectivity index (χ0) is 16.2. The first-order valence-corrected chi connectivity index (χ1v) is 7.47. The van der Waals surface area contributed by atoms with Crippen LogP contribution in [0, 0.1) is 5.82 Å². The molecule has 0 aliphatic rings. The highest BCUT2D eigenvalue weighted by molar-refractivity contribution is 5.90. The third-order valence-electron chi connectivity index (χ3n) is 3.82. The molecule has 6 heteroatoms. The Morgan fingerprint density at radius 3 is 2.83 bits per heavy atom. The number of esters is 1. The number of halogens is 2. The Kier molecular flexibility index (Phi) is 5.93. The van der Waals surface area contributed by atoms with Crippen LogP contribution >= 0.6 is 12.4 Å². The normalized spacial score (nSPS) is 10.4. The zero-order valence-corrected chi connectivity index (χ0v) is 14.0. The Balaban J connectivity index is 0.00000208. The first-order chi connectivity index (χ1) is 11.2. The standard InChI is InChI=1S/C18H17FN2O2.ClH/c1-23-17(22)7-4-5-13-14-11-12(19)8-9-15(14)21-18(13)16-6-2-3-10-20-16;/h2-3,6,8-11,21H,4-5,7H2,1H3;1H. The third kappa shape index (κ3) is 3.74. The lowest BCUT2D eigenvalue weighted by atomic mass is 10.0. The number of rotatable bonds is 5. The van der Waals surface area contributed by atoms with Crippen LogP contribution in [0.25, 0.3) is 22.3 Å². The fourth-order valence-electron chi connectivity index (χ4n) is 2.72. The lowest BCUT2D eigenvalue weighted by Gasteiger charge is -2.04. The summed E-state index contributed by atoms with van der Waals surface area (Å²) >= 11 is 0. The zero-order valence-electron chi connectivity index (χ0n) is 13.2. The van der Waals surface area contributed by atoms with Gasteiger partial charge in [-0.15, -0.1) is 12.4 Å². The van der Waals surface area contributed by atoms with Gasteiger partial charge in [-0.1, -0.05) is 6.07 Å². The van der Waals surface area contributed by atoms with Crippen molar-refractivity contribution in [2.45, 2.75) is 19.3 Å². The van der Waals surface area contributed by atoms with Gasteiger partial charge in [0.2, 0.25) is 0 Å². The molecule has 24 heavy (non-hydrogen) atoms. The van der Waals surface area contributed by atoms with Gasteiger partial charge < -0.3 is 9.72 Å². The first kappa shape index (κ1) is 17.9. The molecule has 1 N–H and O–H groups in total. The van der Waals surface area contributed by atoms with Gasteiger partial charge >= 0.3 is 5.97 Å². The van der Waals surface area contributed by atoms with Crippen molar-refractivity contribution in [2.75, 3.05) is 7.11 Å². The number of nitrogens with zero attached hydrogens (tertiary/aromatic N) is 1. The second-order valence-corrected chi connectivity index (χ2v) is 5.31. The van der Waals surface area contributed by atoms with E-state index in [0.29, 0.717) is 19.3 Å². The van der Waals surface area contributed by atoms with Crippen LogP contribution in [0.2, 0.25) is 0 Å². The van der Waals surface area contributed by atoms with Gasteiger partial charge in [-0.05, 0) is 48.7 Å². The molecule has 3 aromatic rings. The van der Waals surface area contributed by atoms with Gasteiger partial charge in [0, 0.05) is 23.5 Å². The van der Waals surface area contributed by atoms with Crippen LogP contribution in [0.5, 0.6) is 0 Å². The molecule has 0 saturated carbocycles. The largest absolute Gasteiger partial charge is 0.469 e. The number of benzene rings is 1. The SMILES string of the molecule is COC(=O)CCCc1c(-c2ccccn2)[nH]c2ccc(F)cc12.Cl. The van der Waals surface area contributed by atoms with Gasteiger partial charge in [0.15, 0.2) is 0 Å². The van der Waals surface area contributed by atoms with Crippen molar-refractivity contribution in [3.63, 3.8) is 0 Å². The Labute approximate surface area is 145 Å². The highest BCUT2D eigenvalue weighted by Gasteiger charge is 2.15. The smallest absolute Gasteiger partial charge is 0.305 e. The van der Waals surface area contributed by atoms with Gasteiger partial charge in [-0.2, -0.15) is 0 Å². The molecule has 1 aromatic carbocycles. The first-order valence-electron chi connectivity index (χ1n) is 7.47. The molecule has 0 fully saturated rings. The van der Waals surface area contributed by atoms with Gasteiger partial charge in [0.1, 0.15) is 5.82 Å². The van der Waals surface area contributed by atoms with Gasteiger partial charge in [-0.3, -0.25) is 9.78 Å². The Morgan fingerprint density at radius 1 is 1.29 bits per heavy atom. The fourth-order valence-corrected chi connectivity index (χ4v) is 2.72. The van der Waals surface area contributed by atoms with E-state index in [0.717, 1.165) is 27.9 Å². The summed E-state index contributed by atoms with van der Waals surface area (Å²) in [6.45, 7) is 0. The summed E-state index contributed by atoms with van der Waals surface area (Å²) in [6, 6.07) is 10.3. The number of carbonyl (C=O) groups is 1. The summed E-state index contributed by atoms with van der Waals surface area (Å²) in [6.07, 6.45) is 3.33. The Bertz CT molecular complexity index is 834. The molecule has 0 bridgehead atoms. The molecule has 3 rings (SSSR count). The van der Waals surface area contributed by atoms with Crippen LogP contribution in [-0.4, -0.2) is 23.0 Å². The molecule has 2 aromatic heterocycles. The quantitative estimate of drug-likeness (QED) is 0.700. The molecule has 0 unspecified atom stereocenters. The van der Waals surface area contributed by atoms with E-state index in [4.69, 9.17) is 0 Å². The molecule has 0 atom stereocenters. The van der Waals surface area contributed by atoms with Crippen LogP contribution in [0.4, 0.5) is 4.39 Å². The maximum atomic E-state index is 13.6. The number of methoxy groups -OCH3 is 1. The van der Waals surface area contributed by atoms with E-state index >= 15 is 0 Å². The number of carbonyl (C=O) groups excluding carboxylic acids is 1. The summed E-state index contributed by atoms with van der Waals surface area (Å²) in [5.74, 6) is -0.520. The van der Waals surface area contributed by atoms with Crippen molar-refractivity contribution in [2.24, 2.45) is 0 Å². The van der Waals surface area contributed by atoms with Gasteiger partial charge in [-0.25, -0.2) is 4.39 Å². The lowest BCUT2D eigenvalue weighted by Crippen LogP contribution is -2.01. The molecule has 0 aliphatic carbocycles. The van der Waals surface area contributed by atoms with Gasteiger partial charge in [0.25, 0.3) is 0 Å². The Hall–Kier alpha value is -2.40. The second kappa shape index (κ2) is 7.93. The molecular formula is C18H18ClFN2O2. The lowest BCUT2D eigenvalue weighted by molar-refractivity contribution is -0.140. The van der Waals surface area contributed by atoms with Crippen molar-refractivity contribution in [1.29, 1.82) is 0 Å². The van der Waals surface area contributed by atoms with Crippen molar-refractivity contribution in [1.82, 2.24) is 9.97 Å². The van der Waals surface area contributed by atoms with Crippen molar-refractivity contribution < 1.29 is 13.9 Å². The van der Waals surface area contributed by atoms with Crippen molar-refractivity contribution >= 4 is 29.3 Å². The summed E-state index contributed by atoms with van der Waals surface area (Å²) in [5, 5.41) is 0.829. The highest BCUT2D eigenvalue weighted by atomic mass is 35.5. The molecule has 0 spiro atoms. The van der Waals surface area contributed by atoms with E-state index in [1.807, 2.05) is 18.2 Å². The predicted octanol–water partition coefficient (Wildman–Crippen LogP) is 4.29. The monoisotopic (exact) mass is 348 g/mol. The number of H-pyrrole nitrogens is 1. The number of nitrogens with one attached hydrogen (secondary N) is 1. The molecular weight excluding hydrogens is 331 g/mol. The maximum absolute atomic E-state index is 13.6. The minimum absolute atomic E-state index is 0. The number of ether oxygens (including phenoxy) is 1. The summed E-state index contributed by atoms with van der Waals surface area (Å²) < 4.78 is 18.3. The van der Waals surface area contributed by atoms with E-state index in [1.165, 1.54) is 19.2 Å².